The maximum Gasteiger partial charge on any atom is 0.251 e. The molecule has 0 aromatic heterocycles. The van der Waals surface area contributed by atoms with E-state index < -0.39 is 6.04 Å². The van der Waals surface area contributed by atoms with Crippen molar-refractivity contribution < 1.29 is 19.1 Å². The van der Waals surface area contributed by atoms with Crippen LogP contribution in [-0.2, 0) is 22.6 Å². The highest BCUT2D eigenvalue weighted by Gasteiger charge is 2.43. The fourth-order valence-corrected chi connectivity index (χ4v) is 4.38. The zero-order chi connectivity index (χ0) is 20.7. The minimum absolute atomic E-state index is 0.133. The Morgan fingerprint density at radius 1 is 0.966 bits per heavy atom. The number of imide groups is 1. The summed E-state index contributed by atoms with van der Waals surface area (Å²) in [5.41, 5.74) is 5.05. The van der Waals surface area contributed by atoms with E-state index in [0.717, 1.165) is 29.7 Å². The Kier molecular flexibility index (Phi) is 5.04. The van der Waals surface area contributed by atoms with Crippen molar-refractivity contribution in [1.82, 2.24) is 4.90 Å². The summed E-state index contributed by atoms with van der Waals surface area (Å²) in [5, 5.41) is 0. The Hall–Kier alpha value is -2.86. The molecule has 2 aliphatic heterocycles. The molecule has 1 fully saturated rings. The number of carbonyl (C=O) groups excluding carboxylic acids is 2. The molecule has 1 atom stereocenters. The third kappa shape index (κ3) is 3.38. The first-order valence-corrected chi connectivity index (χ1v) is 9.84. The van der Waals surface area contributed by atoms with Crippen LogP contribution < -0.4 is 14.4 Å². The largest absolute Gasteiger partial charge is 0.493 e. The Morgan fingerprint density at radius 3 is 2.31 bits per heavy atom. The average Bonchev–Trinajstić information content (AvgIpc) is 3.00. The molecule has 152 valence electrons. The van der Waals surface area contributed by atoms with Crippen molar-refractivity contribution in [2.75, 3.05) is 25.7 Å². The monoisotopic (exact) mass is 394 g/mol. The van der Waals surface area contributed by atoms with Crippen LogP contribution in [0.25, 0.3) is 0 Å². The Labute approximate surface area is 171 Å². The van der Waals surface area contributed by atoms with Crippen LogP contribution in [0.3, 0.4) is 0 Å². The van der Waals surface area contributed by atoms with Crippen molar-refractivity contribution in [1.29, 1.82) is 0 Å². The van der Waals surface area contributed by atoms with E-state index in [1.165, 1.54) is 10.5 Å². The lowest BCUT2D eigenvalue weighted by molar-refractivity contribution is -0.123. The van der Waals surface area contributed by atoms with Crippen LogP contribution in [0.5, 0.6) is 11.5 Å². The summed E-state index contributed by atoms with van der Waals surface area (Å²) in [5.74, 6) is 1.13. The van der Waals surface area contributed by atoms with Gasteiger partial charge in [0, 0.05) is 13.1 Å². The highest BCUT2D eigenvalue weighted by atomic mass is 16.5. The van der Waals surface area contributed by atoms with Crippen LogP contribution in [-0.4, -0.2) is 43.5 Å². The van der Waals surface area contributed by atoms with E-state index in [2.05, 4.69) is 4.90 Å². The fourth-order valence-electron chi connectivity index (χ4n) is 4.38. The number of hydrogen-bond donors (Lipinski definition) is 0. The number of ether oxygens (including phenoxy) is 2. The highest BCUT2D eigenvalue weighted by molar-refractivity contribution is 6.22. The number of anilines is 1. The van der Waals surface area contributed by atoms with Crippen molar-refractivity contribution in [3.8, 4) is 11.5 Å². The van der Waals surface area contributed by atoms with Crippen LogP contribution in [0, 0.1) is 13.8 Å². The molecule has 29 heavy (non-hydrogen) atoms. The van der Waals surface area contributed by atoms with Gasteiger partial charge in [0.25, 0.3) is 5.91 Å². The standard InChI is InChI=1S/C23H26N2O4/c1-14-5-6-18(15(2)9-14)25-22(26)12-19(23(25)27)24-8-7-16-10-20(28-3)21(29-4)11-17(16)13-24/h5-6,9-11,19H,7-8,12-13H2,1-4H3/t19-/m1/s1. The molecule has 0 radical (unpaired) electrons. The molecule has 2 aliphatic rings. The van der Waals surface area contributed by atoms with Gasteiger partial charge in [0.15, 0.2) is 11.5 Å². The summed E-state index contributed by atoms with van der Waals surface area (Å²) >= 11 is 0. The number of fused-ring (bicyclic) bond motifs is 1. The van der Waals surface area contributed by atoms with Crippen molar-refractivity contribution in [2.24, 2.45) is 0 Å². The van der Waals surface area contributed by atoms with E-state index in [0.29, 0.717) is 23.7 Å². The molecule has 1 saturated heterocycles. The number of rotatable bonds is 4. The third-order valence-electron chi connectivity index (χ3n) is 5.90. The molecule has 2 aromatic rings. The second-order valence-corrected chi connectivity index (χ2v) is 7.77. The number of amides is 2. The smallest absolute Gasteiger partial charge is 0.251 e. The molecule has 0 aliphatic carbocycles. The van der Waals surface area contributed by atoms with Crippen molar-refractivity contribution in [2.45, 2.75) is 39.3 Å². The first kappa shape index (κ1) is 19.5. The third-order valence-corrected chi connectivity index (χ3v) is 5.90. The van der Waals surface area contributed by atoms with E-state index in [9.17, 15) is 9.59 Å². The molecule has 6 nitrogen and oxygen atoms in total. The van der Waals surface area contributed by atoms with Crippen molar-refractivity contribution >= 4 is 17.5 Å². The zero-order valence-electron chi connectivity index (χ0n) is 17.3. The Bertz CT molecular complexity index is 985. The number of hydrogen-bond acceptors (Lipinski definition) is 5. The van der Waals surface area contributed by atoms with Gasteiger partial charge in [0.2, 0.25) is 5.91 Å². The van der Waals surface area contributed by atoms with Crippen LogP contribution in [0.15, 0.2) is 30.3 Å². The molecule has 6 heteroatoms. The Morgan fingerprint density at radius 2 is 1.66 bits per heavy atom. The average molecular weight is 394 g/mol. The van der Waals surface area contributed by atoms with Gasteiger partial charge in [-0.15, -0.1) is 0 Å². The van der Waals surface area contributed by atoms with Gasteiger partial charge in [-0.3, -0.25) is 14.5 Å². The number of carbonyl (C=O) groups is 2. The lowest BCUT2D eigenvalue weighted by Crippen LogP contribution is -2.44. The quantitative estimate of drug-likeness (QED) is 0.746. The van der Waals surface area contributed by atoms with Crippen LogP contribution in [0.1, 0.15) is 28.7 Å². The lowest BCUT2D eigenvalue weighted by atomic mass is 9.97. The maximum absolute atomic E-state index is 13.2. The molecular formula is C23H26N2O4. The predicted octanol–water partition coefficient (Wildman–Crippen LogP) is 3.01. The SMILES string of the molecule is COc1cc2c(cc1OC)CN([C@@H]1CC(=O)N(c3ccc(C)cc3C)C1=O)CC2. The molecule has 0 spiro atoms. The first-order valence-electron chi connectivity index (χ1n) is 9.84. The van der Waals surface area contributed by atoms with Gasteiger partial charge in [-0.05, 0) is 55.2 Å². The minimum atomic E-state index is -0.426. The van der Waals surface area contributed by atoms with Gasteiger partial charge in [0.1, 0.15) is 0 Å². The van der Waals surface area contributed by atoms with Crippen molar-refractivity contribution in [3.05, 3.63) is 52.6 Å². The maximum atomic E-state index is 13.2. The summed E-state index contributed by atoms with van der Waals surface area (Å²) in [4.78, 5) is 29.4. The number of methoxy groups -OCH3 is 2. The molecule has 2 amide bonds. The molecule has 0 saturated carbocycles. The number of nitrogens with zero attached hydrogens (tertiary/aromatic N) is 2. The number of benzene rings is 2. The zero-order valence-corrected chi connectivity index (χ0v) is 17.3. The van der Waals surface area contributed by atoms with E-state index >= 15 is 0 Å². The van der Waals surface area contributed by atoms with E-state index in [1.54, 1.807) is 14.2 Å². The summed E-state index contributed by atoms with van der Waals surface area (Å²) in [6.45, 7) is 5.28. The second-order valence-electron chi connectivity index (χ2n) is 7.77. The van der Waals surface area contributed by atoms with Crippen LogP contribution >= 0.6 is 0 Å². The summed E-state index contributed by atoms with van der Waals surface area (Å²) in [7, 11) is 3.25. The second kappa shape index (κ2) is 7.52. The first-order chi connectivity index (χ1) is 13.9. The lowest BCUT2D eigenvalue weighted by Gasteiger charge is -2.32. The topological polar surface area (TPSA) is 59.1 Å². The molecule has 0 unspecified atom stereocenters. The van der Waals surface area contributed by atoms with Gasteiger partial charge < -0.3 is 9.47 Å². The van der Waals surface area contributed by atoms with Gasteiger partial charge in [0.05, 0.1) is 32.4 Å². The number of aryl methyl sites for hydroxylation is 2. The molecule has 2 heterocycles. The van der Waals surface area contributed by atoms with E-state index in [-0.39, 0.29) is 18.2 Å². The van der Waals surface area contributed by atoms with Gasteiger partial charge in [-0.1, -0.05) is 17.7 Å². The molecule has 0 bridgehead atoms. The predicted molar refractivity (Wildman–Crippen MR) is 110 cm³/mol. The normalized spacial score (nSPS) is 19.4. The van der Waals surface area contributed by atoms with E-state index in [4.69, 9.17) is 9.47 Å². The highest BCUT2D eigenvalue weighted by Crippen LogP contribution is 2.35. The van der Waals surface area contributed by atoms with Gasteiger partial charge in [-0.2, -0.15) is 0 Å². The summed E-state index contributed by atoms with van der Waals surface area (Å²) in [6.07, 6.45) is 1.02. The Balaban J connectivity index is 1.59. The molecule has 0 N–H and O–H groups in total. The van der Waals surface area contributed by atoms with Crippen LogP contribution in [0.2, 0.25) is 0 Å². The van der Waals surface area contributed by atoms with E-state index in [1.807, 2.05) is 44.2 Å². The van der Waals surface area contributed by atoms with Crippen molar-refractivity contribution in [3.63, 3.8) is 0 Å². The minimum Gasteiger partial charge on any atom is -0.493 e. The fraction of sp³-hybridized carbons (Fsp3) is 0.391. The molecule has 2 aromatic carbocycles. The van der Waals surface area contributed by atoms with Crippen LogP contribution in [0.4, 0.5) is 5.69 Å². The molecular weight excluding hydrogens is 368 g/mol. The summed E-state index contributed by atoms with van der Waals surface area (Å²) in [6, 6.07) is 9.36. The van der Waals surface area contributed by atoms with Gasteiger partial charge >= 0.3 is 0 Å². The van der Waals surface area contributed by atoms with Gasteiger partial charge in [-0.25, -0.2) is 4.90 Å². The summed E-state index contributed by atoms with van der Waals surface area (Å²) < 4.78 is 10.8. The molecule has 4 rings (SSSR count).